The van der Waals surface area contributed by atoms with E-state index in [1.165, 1.54) is 10.8 Å². The first kappa shape index (κ1) is 13.3. The third-order valence-corrected chi connectivity index (χ3v) is 3.24. The van der Waals surface area contributed by atoms with E-state index in [0.29, 0.717) is 0 Å². The molecule has 8 heteroatoms. The van der Waals surface area contributed by atoms with Crippen molar-refractivity contribution in [3.05, 3.63) is 21.7 Å². The van der Waals surface area contributed by atoms with Crippen LogP contribution >= 0.6 is 11.6 Å². The number of halogens is 1. The molecule has 1 aromatic heterocycles. The highest BCUT2D eigenvalue weighted by atomic mass is 35.5. The summed E-state index contributed by atoms with van der Waals surface area (Å²) < 4.78 is 6.56. The van der Waals surface area contributed by atoms with Gasteiger partial charge >= 0.3 is 5.69 Å². The molecule has 1 aliphatic rings. The van der Waals surface area contributed by atoms with Crippen molar-refractivity contribution < 1.29 is 14.9 Å². The van der Waals surface area contributed by atoms with Crippen LogP contribution in [0.4, 0.5) is 5.82 Å². The van der Waals surface area contributed by atoms with Crippen molar-refractivity contribution >= 4 is 17.4 Å². The summed E-state index contributed by atoms with van der Waals surface area (Å²) in [4.78, 5) is 15.3. The molecule has 1 saturated heterocycles. The zero-order valence-electron chi connectivity index (χ0n) is 9.49. The van der Waals surface area contributed by atoms with E-state index in [0.717, 1.165) is 0 Å². The van der Waals surface area contributed by atoms with Gasteiger partial charge in [-0.05, 0) is 6.42 Å². The van der Waals surface area contributed by atoms with E-state index in [1.54, 1.807) is 0 Å². The number of aromatic nitrogens is 2. The molecule has 0 spiro atoms. The first-order valence-electron chi connectivity index (χ1n) is 5.47. The Balaban J connectivity index is 2.23. The summed E-state index contributed by atoms with van der Waals surface area (Å²) in [6, 6.07) is -0.374. The lowest BCUT2D eigenvalue weighted by atomic mass is 10.0. The molecule has 1 aromatic rings. The van der Waals surface area contributed by atoms with Gasteiger partial charge in [-0.25, -0.2) is 4.79 Å². The summed E-state index contributed by atoms with van der Waals surface area (Å²) >= 11 is 5.81. The van der Waals surface area contributed by atoms with Crippen molar-refractivity contribution in [2.75, 3.05) is 18.9 Å². The van der Waals surface area contributed by atoms with Crippen LogP contribution in [0, 0.1) is 0 Å². The lowest BCUT2D eigenvalue weighted by Crippen LogP contribution is -2.43. The molecule has 18 heavy (non-hydrogen) atoms. The SMILES string of the molecule is Nc1nc(=O)n([C@@H]2CO[C@H](CO)[C@@H](O)C2)cc1Cl. The molecule has 0 radical (unpaired) electrons. The molecule has 0 amide bonds. The quantitative estimate of drug-likeness (QED) is 0.649. The Hall–Kier alpha value is -1.15. The number of nitrogens with zero attached hydrogens (tertiary/aromatic N) is 2. The average molecular weight is 276 g/mol. The Labute approximate surface area is 108 Å². The van der Waals surface area contributed by atoms with E-state index >= 15 is 0 Å². The largest absolute Gasteiger partial charge is 0.394 e. The second kappa shape index (κ2) is 5.23. The molecule has 100 valence electrons. The number of hydrogen-bond donors (Lipinski definition) is 3. The van der Waals surface area contributed by atoms with E-state index in [9.17, 15) is 9.90 Å². The third-order valence-electron chi connectivity index (χ3n) is 2.95. The number of ether oxygens (including phenoxy) is 1. The lowest BCUT2D eigenvalue weighted by molar-refractivity contribution is -0.113. The maximum Gasteiger partial charge on any atom is 0.349 e. The molecular weight excluding hydrogens is 262 g/mol. The van der Waals surface area contributed by atoms with E-state index in [-0.39, 0.29) is 36.5 Å². The maximum atomic E-state index is 11.7. The van der Waals surface area contributed by atoms with E-state index in [1.807, 2.05) is 0 Å². The fourth-order valence-electron chi connectivity index (χ4n) is 1.93. The van der Waals surface area contributed by atoms with E-state index in [4.69, 9.17) is 27.2 Å². The van der Waals surface area contributed by atoms with Gasteiger partial charge in [-0.2, -0.15) is 4.98 Å². The summed E-state index contributed by atoms with van der Waals surface area (Å²) in [5.74, 6) is -0.0246. The number of nitrogen functional groups attached to an aromatic ring is 1. The summed E-state index contributed by atoms with van der Waals surface area (Å²) in [5.41, 5.74) is 4.88. The van der Waals surface area contributed by atoms with Gasteiger partial charge < -0.3 is 20.7 Å². The predicted octanol–water partition coefficient (Wildman–Crippen LogP) is -0.838. The second-order valence-electron chi connectivity index (χ2n) is 4.18. The van der Waals surface area contributed by atoms with Gasteiger partial charge in [-0.15, -0.1) is 0 Å². The van der Waals surface area contributed by atoms with Crippen molar-refractivity contribution in [2.24, 2.45) is 0 Å². The first-order chi connectivity index (χ1) is 8.52. The predicted molar refractivity (Wildman–Crippen MR) is 64.4 cm³/mol. The Morgan fingerprint density at radius 3 is 3.00 bits per heavy atom. The van der Waals surface area contributed by atoms with Crippen LogP contribution in [0.3, 0.4) is 0 Å². The lowest BCUT2D eigenvalue weighted by Gasteiger charge is -2.33. The summed E-state index contributed by atoms with van der Waals surface area (Å²) in [6.45, 7) is -0.0619. The Morgan fingerprint density at radius 1 is 1.67 bits per heavy atom. The van der Waals surface area contributed by atoms with Gasteiger partial charge in [0, 0.05) is 6.20 Å². The second-order valence-corrected chi connectivity index (χ2v) is 4.58. The zero-order valence-corrected chi connectivity index (χ0v) is 10.2. The van der Waals surface area contributed by atoms with Crippen molar-refractivity contribution in [3.63, 3.8) is 0 Å². The summed E-state index contributed by atoms with van der Waals surface area (Å²) in [5, 5.41) is 18.9. The third kappa shape index (κ3) is 2.49. The number of nitrogens with two attached hydrogens (primary N) is 1. The van der Waals surface area contributed by atoms with Crippen LogP contribution in [-0.4, -0.2) is 45.2 Å². The maximum absolute atomic E-state index is 11.7. The Morgan fingerprint density at radius 2 is 2.39 bits per heavy atom. The minimum Gasteiger partial charge on any atom is -0.394 e. The first-order valence-corrected chi connectivity index (χ1v) is 5.85. The fraction of sp³-hybridized carbons (Fsp3) is 0.600. The molecular formula is C10H14ClN3O4. The van der Waals surface area contributed by atoms with Crippen molar-refractivity contribution in [1.29, 1.82) is 0 Å². The van der Waals surface area contributed by atoms with Gasteiger partial charge in [0.1, 0.15) is 11.9 Å². The van der Waals surface area contributed by atoms with Crippen LogP contribution in [0.1, 0.15) is 12.5 Å². The Kier molecular flexibility index (Phi) is 3.86. The zero-order chi connectivity index (χ0) is 13.3. The van der Waals surface area contributed by atoms with Gasteiger partial charge in [0.15, 0.2) is 0 Å². The van der Waals surface area contributed by atoms with Crippen LogP contribution in [0.2, 0.25) is 5.02 Å². The molecule has 1 fully saturated rings. The molecule has 0 aromatic carbocycles. The highest BCUT2D eigenvalue weighted by molar-refractivity contribution is 6.32. The molecule has 0 aliphatic carbocycles. The molecule has 0 bridgehead atoms. The average Bonchev–Trinajstić information content (AvgIpc) is 2.33. The summed E-state index contributed by atoms with van der Waals surface area (Å²) in [6.07, 6.45) is 0.213. The monoisotopic (exact) mass is 275 g/mol. The number of aliphatic hydroxyl groups is 2. The fourth-order valence-corrected chi connectivity index (χ4v) is 2.08. The summed E-state index contributed by atoms with van der Waals surface area (Å²) in [7, 11) is 0. The van der Waals surface area contributed by atoms with E-state index in [2.05, 4.69) is 4.98 Å². The molecule has 1 aliphatic heterocycles. The van der Waals surface area contributed by atoms with Crippen LogP contribution < -0.4 is 11.4 Å². The molecule has 0 saturated carbocycles. The van der Waals surface area contributed by atoms with Crippen molar-refractivity contribution in [1.82, 2.24) is 9.55 Å². The van der Waals surface area contributed by atoms with Gasteiger partial charge in [0.25, 0.3) is 0 Å². The number of aliphatic hydroxyl groups excluding tert-OH is 2. The topological polar surface area (TPSA) is 111 Å². The van der Waals surface area contributed by atoms with E-state index < -0.39 is 17.9 Å². The molecule has 3 atom stereocenters. The molecule has 4 N–H and O–H groups in total. The highest BCUT2D eigenvalue weighted by Gasteiger charge is 2.31. The molecule has 0 unspecified atom stereocenters. The molecule has 2 heterocycles. The van der Waals surface area contributed by atoms with Gasteiger partial charge in [-0.3, -0.25) is 4.57 Å². The molecule has 2 rings (SSSR count). The van der Waals surface area contributed by atoms with Crippen LogP contribution in [0.15, 0.2) is 11.0 Å². The number of anilines is 1. The smallest absolute Gasteiger partial charge is 0.349 e. The standard InChI is InChI=1S/C10H14ClN3O4/c11-6-2-14(10(17)13-9(6)12)5-1-7(16)8(3-15)18-4-5/h2,5,7-8,15-16H,1,3-4H2,(H2,12,13,17)/t5-,7-,8+/m0/s1. The van der Waals surface area contributed by atoms with Gasteiger partial charge in [-0.1, -0.05) is 11.6 Å². The van der Waals surface area contributed by atoms with Crippen molar-refractivity contribution in [3.8, 4) is 0 Å². The van der Waals surface area contributed by atoms with Gasteiger partial charge in [0.05, 0.1) is 30.4 Å². The van der Waals surface area contributed by atoms with Crippen molar-refractivity contribution in [2.45, 2.75) is 24.7 Å². The minimum absolute atomic E-state index is 0.0246. The molecule has 7 nitrogen and oxygen atoms in total. The van der Waals surface area contributed by atoms with Gasteiger partial charge in [0.2, 0.25) is 0 Å². The Bertz CT molecular complexity index is 493. The minimum atomic E-state index is -0.836. The van der Waals surface area contributed by atoms with Crippen LogP contribution in [0.25, 0.3) is 0 Å². The van der Waals surface area contributed by atoms with Crippen LogP contribution in [0.5, 0.6) is 0 Å². The number of hydrogen-bond acceptors (Lipinski definition) is 6. The van der Waals surface area contributed by atoms with Crippen LogP contribution in [-0.2, 0) is 4.74 Å². The number of rotatable bonds is 2. The highest BCUT2D eigenvalue weighted by Crippen LogP contribution is 2.24. The normalized spacial score (nSPS) is 28.3.